The molecule has 1 N–H and O–H groups in total. The molecule has 0 unspecified atom stereocenters. The van der Waals surface area contributed by atoms with Crippen LogP contribution in [0, 0.1) is 5.92 Å². The van der Waals surface area contributed by atoms with E-state index in [0.29, 0.717) is 25.9 Å². The lowest BCUT2D eigenvalue weighted by atomic mass is 9.96. The van der Waals surface area contributed by atoms with Gasteiger partial charge in [-0.25, -0.2) is 10.2 Å². The third-order valence-electron chi connectivity index (χ3n) is 2.98. The molecule has 7 heteroatoms. The van der Waals surface area contributed by atoms with Crippen molar-refractivity contribution in [1.29, 1.82) is 0 Å². The van der Waals surface area contributed by atoms with Gasteiger partial charge in [-0.2, -0.15) is 5.10 Å². The Morgan fingerprint density at radius 2 is 1.86 bits per heavy atom. The second-order valence-corrected chi connectivity index (χ2v) is 6.43. The van der Waals surface area contributed by atoms with Gasteiger partial charge in [0.2, 0.25) is 5.91 Å². The second-order valence-electron chi connectivity index (χ2n) is 6.43. The Balaban J connectivity index is 2.38. The molecule has 21 heavy (non-hydrogen) atoms. The zero-order chi connectivity index (χ0) is 16.0. The van der Waals surface area contributed by atoms with E-state index in [-0.39, 0.29) is 17.9 Å². The van der Waals surface area contributed by atoms with E-state index in [9.17, 15) is 9.59 Å². The first-order valence-electron chi connectivity index (χ1n) is 7.16. The zero-order valence-electron chi connectivity index (χ0n) is 13.5. The smallest absolute Gasteiger partial charge is 0.410 e. The number of amides is 2. The van der Waals surface area contributed by atoms with Gasteiger partial charge in [-0.1, -0.05) is 0 Å². The molecule has 1 aliphatic heterocycles. The van der Waals surface area contributed by atoms with Crippen LogP contribution in [0.25, 0.3) is 0 Å². The summed E-state index contributed by atoms with van der Waals surface area (Å²) in [5.41, 5.74) is 2.03. The summed E-state index contributed by atoms with van der Waals surface area (Å²) in [5.74, 6) is -0.208. The molecule has 0 aromatic carbocycles. The van der Waals surface area contributed by atoms with Crippen molar-refractivity contribution < 1.29 is 14.3 Å². The Hall–Kier alpha value is -1.79. The Morgan fingerprint density at radius 1 is 1.29 bits per heavy atom. The molecule has 0 radical (unpaired) electrons. The van der Waals surface area contributed by atoms with Crippen LogP contribution >= 0.6 is 0 Å². The van der Waals surface area contributed by atoms with E-state index in [1.165, 1.54) is 6.34 Å². The molecule has 0 aliphatic carbocycles. The average Bonchev–Trinajstić information content (AvgIpc) is 2.36. The molecule has 1 heterocycles. The van der Waals surface area contributed by atoms with Crippen LogP contribution in [-0.4, -0.2) is 60.9 Å². The predicted octanol–water partition coefficient (Wildman–Crippen LogP) is 1.25. The number of ether oxygens (including phenoxy) is 1. The van der Waals surface area contributed by atoms with Gasteiger partial charge in [0.15, 0.2) is 0 Å². The minimum atomic E-state index is -0.494. The molecule has 1 rings (SSSR count). The number of likely N-dealkylation sites (tertiary alicyclic amines) is 1. The summed E-state index contributed by atoms with van der Waals surface area (Å²) in [4.78, 5) is 27.2. The maximum absolute atomic E-state index is 11.9. The number of hydrazone groups is 1. The van der Waals surface area contributed by atoms with Gasteiger partial charge in [-0.05, 0) is 33.6 Å². The molecule has 1 fully saturated rings. The summed E-state index contributed by atoms with van der Waals surface area (Å²) in [7, 11) is 3.66. The molecule has 0 saturated carbocycles. The van der Waals surface area contributed by atoms with Crippen molar-refractivity contribution in [2.75, 3.05) is 27.2 Å². The molecule has 2 amide bonds. The fourth-order valence-corrected chi connectivity index (χ4v) is 1.95. The van der Waals surface area contributed by atoms with Crippen molar-refractivity contribution >= 4 is 18.3 Å². The monoisotopic (exact) mass is 298 g/mol. The van der Waals surface area contributed by atoms with E-state index in [1.54, 1.807) is 9.80 Å². The topological polar surface area (TPSA) is 74.2 Å². The lowest BCUT2D eigenvalue weighted by molar-refractivity contribution is -0.126. The van der Waals surface area contributed by atoms with Gasteiger partial charge in [0, 0.05) is 33.1 Å². The molecule has 0 atom stereocenters. The minimum absolute atomic E-state index is 0.100. The lowest BCUT2D eigenvalue weighted by Gasteiger charge is -2.32. The fraction of sp³-hybridized carbons (Fsp3) is 0.786. The van der Waals surface area contributed by atoms with Crippen molar-refractivity contribution in [2.45, 2.75) is 39.2 Å². The van der Waals surface area contributed by atoms with Gasteiger partial charge >= 0.3 is 6.09 Å². The van der Waals surface area contributed by atoms with E-state index in [2.05, 4.69) is 10.5 Å². The molecule has 0 bridgehead atoms. The first kappa shape index (κ1) is 17.3. The van der Waals surface area contributed by atoms with Gasteiger partial charge in [0.25, 0.3) is 0 Å². The number of rotatable bonds is 3. The number of carbonyl (C=O) groups is 2. The Labute approximate surface area is 126 Å². The van der Waals surface area contributed by atoms with E-state index < -0.39 is 5.60 Å². The third kappa shape index (κ3) is 6.46. The molecular formula is C14H26N4O3. The van der Waals surface area contributed by atoms with E-state index >= 15 is 0 Å². The van der Waals surface area contributed by atoms with Gasteiger partial charge in [-0.3, -0.25) is 4.79 Å². The number of nitrogens with one attached hydrogen (secondary N) is 1. The highest BCUT2D eigenvalue weighted by atomic mass is 16.6. The Morgan fingerprint density at radius 3 is 2.33 bits per heavy atom. The Kier molecular flexibility index (Phi) is 5.99. The zero-order valence-corrected chi connectivity index (χ0v) is 13.5. The van der Waals surface area contributed by atoms with Crippen molar-refractivity contribution in [1.82, 2.24) is 15.2 Å². The number of carbonyl (C=O) groups excluding carboxylic acids is 2. The molecule has 120 valence electrons. The quantitative estimate of drug-likeness (QED) is 0.483. The summed E-state index contributed by atoms with van der Waals surface area (Å²) < 4.78 is 5.32. The number of hydrogen-bond acceptors (Lipinski definition) is 4. The minimum Gasteiger partial charge on any atom is -0.444 e. The van der Waals surface area contributed by atoms with Crippen LogP contribution in [0.4, 0.5) is 4.79 Å². The first-order chi connectivity index (χ1) is 9.69. The average molecular weight is 298 g/mol. The Bertz CT molecular complexity index is 394. The van der Waals surface area contributed by atoms with Gasteiger partial charge in [0.05, 0.1) is 0 Å². The van der Waals surface area contributed by atoms with Gasteiger partial charge in [0.1, 0.15) is 11.9 Å². The molecule has 7 nitrogen and oxygen atoms in total. The van der Waals surface area contributed by atoms with E-state index in [1.807, 2.05) is 34.9 Å². The lowest BCUT2D eigenvalue weighted by Crippen LogP contribution is -2.44. The van der Waals surface area contributed by atoms with Gasteiger partial charge in [-0.15, -0.1) is 0 Å². The van der Waals surface area contributed by atoms with Crippen molar-refractivity contribution in [2.24, 2.45) is 11.0 Å². The SMILES string of the molecule is CN(C)C=NNC(=O)C1CCN(C(=O)OC(C)(C)C)CC1. The van der Waals surface area contributed by atoms with Crippen LogP contribution in [0.1, 0.15) is 33.6 Å². The first-order valence-corrected chi connectivity index (χ1v) is 7.16. The maximum Gasteiger partial charge on any atom is 0.410 e. The number of hydrogen-bond donors (Lipinski definition) is 1. The van der Waals surface area contributed by atoms with Crippen molar-refractivity contribution in [3.05, 3.63) is 0 Å². The van der Waals surface area contributed by atoms with Crippen LogP contribution in [0.5, 0.6) is 0 Å². The molecule has 1 saturated heterocycles. The highest BCUT2D eigenvalue weighted by Crippen LogP contribution is 2.19. The number of nitrogens with zero attached hydrogens (tertiary/aromatic N) is 3. The fourth-order valence-electron chi connectivity index (χ4n) is 1.95. The maximum atomic E-state index is 11.9. The van der Waals surface area contributed by atoms with E-state index in [4.69, 9.17) is 4.74 Å². The van der Waals surface area contributed by atoms with Crippen LogP contribution in [0.3, 0.4) is 0 Å². The van der Waals surface area contributed by atoms with E-state index in [0.717, 1.165) is 0 Å². The summed E-state index contributed by atoms with van der Waals surface area (Å²) in [5, 5.41) is 3.84. The van der Waals surface area contributed by atoms with Crippen LogP contribution in [0.15, 0.2) is 5.10 Å². The predicted molar refractivity (Wildman–Crippen MR) is 80.9 cm³/mol. The number of piperidine rings is 1. The molecule has 0 aromatic rings. The van der Waals surface area contributed by atoms with Crippen LogP contribution in [-0.2, 0) is 9.53 Å². The van der Waals surface area contributed by atoms with Gasteiger partial charge < -0.3 is 14.5 Å². The summed E-state index contributed by atoms with van der Waals surface area (Å²) >= 11 is 0. The largest absolute Gasteiger partial charge is 0.444 e. The standard InChI is InChI=1S/C14H26N4O3/c1-14(2,3)21-13(20)18-8-6-11(7-9-18)12(19)16-15-10-17(4)5/h10-11H,6-9H2,1-5H3,(H,16,19). The molecule has 1 aliphatic rings. The van der Waals surface area contributed by atoms with Crippen LogP contribution in [0.2, 0.25) is 0 Å². The van der Waals surface area contributed by atoms with Crippen molar-refractivity contribution in [3.63, 3.8) is 0 Å². The highest BCUT2D eigenvalue weighted by molar-refractivity contribution is 5.79. The molecule has 0 spiro atoms. The summed E-state index contributed by atoms with van der Waals surface area (Å²) in [6.07, 6.45) is 2.48. The van der Waals surface area contributed by atoms with Crippen molar-refractivity contribution in [3.8, 4) is 0 Å². The summed E-state index contributed by atoms with van der Waals surface area (Å²) in [6, 6.07) is 0. The molecule has 0 aromatic heterocycles. The normalized spacial score (nSPS) is 16.9. The third-order valence-corrected chi connectivity index (χ3v) is 2.98. The molecular weight excluding hydrogens is 272 g/mol. The summed E-state index contributed by atoms with van der Waals surface area (Å²) in [6.45, 7) is 6.59. The second kappa shape index (κ2) is 7.28. The highest BCUT2D eigenvalue weighted by Gasteiger charge is 2.29. The van der Waals surface area contributed by atoms with Crippen LogP contribution < -0.4 is 5.43 Å².